The van der Waals surface area contributed by atoms with Gasteiger partial charge in [0, 0.05) is 6.54 Å². The molecule has 0 unspecified atom stereocenters. The number of hydrogen-bond acceptors (Lipinski definition) is 8. The molecule has 1 aliphatic rings. The van der Waals surface area contributed by atoms with Crippen molar-refractivity contribution in [3.8, 4) is 0 Å². The first kappa shape index (κ1) is 37.3. The van der Waals surface area contributed by atoms with Crippen LogP contribution in [-0.2, 0) is 33.6 Å². The Morgan fingerprint density at radius 2 is 1.33 bits per heavy atom. The molecule has 0 saturated carbocycles. The van der Waals surface area contributed by atoms with Crippen LogP contribution in [-0.4, -0.2) is 99.4 Å². The van der Waals surface area contributed by atoms with E-state index in [1.165, 1.54) is 11.8 Å². The number of aliphatic carboxylic acids is 2. The Bertz CT molecular complexity index is 1050. The summed E-state index contributed by atoms with van der Waals surface area (Å²) in [4.78, 5) is 88.7. The summed E-state index contributed by atoms with van der Waals surface area (Å²) in [5.74, 6) is -6.59. The highest BCUT2D eigenvalue weighted by Crippen LogP contribution is 2.20. The Hall–Kier alpha value is -3.75. The molecule has 5 amide bonds. The molecular formula is C28H48N6O9. The van der Waals surface area contributed by atoms with E-state index in [0.717, 1.165) is 0 Å². The van der Waals surface area contributed by atoms with Crippen molar-refractivity contribution in [3.05, 3.63) is 0 Å². The van der Waals surface area contributed by atoms with Crippen LogP contribution in [0, 0.1) is 17.8 Å². The second kappa shape index (κ2) is 16.8. The maximum atomic E-state index is 13.3. The van der Waals surface area contributed by atoms with Crippen molar-refractivity contribution in [3.63, 3.8) is 0 Å². The smallest absolute Gasteiger partial charge is 0.326 e. The van der Waals surface area contributed by atoms with Crippen LogP contribution in [0.3, 0.4) is 0 Å². The number of carbonyl (C=O) groups is 7. The fourth-order valence-corrected chi connectivity index (χ4v) is 4.68. The maximum absolute atomic E-state index is 13.3. The lowest BCUT2D eigenvalue weighted by atomic mass is 9.98. The van der Waals surface area contributed by atoms with Gasteiger partial charge in [0.2, 0.25) is 29.5 Å². The first-order chi connectivity index (χ1) is 19.9. The largest absolute Gasteiger partial charge is 0.481 e. The lowest BCUT2D eigenvalue weighted by molar-refractivity contribution is -0.150. The van der Waals surface area contributed by atoms with Gasteiger partial charge in [-0.3, -0.25) is 28.8 Å². The molecule has 8 N–H and O–H groups in total. The van der Waals surface area contributed by atoms with Gasteiger partial charge >= 0.3 is 11.9 Å². The van der Waals surface area contributed by atoms with Gasteiger partial charge in [0.25, 0.3) is 0 Å². The standard InChI is InChI=1S/C28H48N6O9/c1-13(2)11-18(31-24(38)17(29)12-20(35)36)25(39)30-16(7)23(37)32-21(14(3)4)26(40)33-22(15(5)6)27(41)34-10-8-9-19(34)28(42)43/h13-19,21-22H,8-12,29H2,1-7H3,(H,30,39)(H,31,38)(H,32,37)(H,33,40)(H,35,36)(H,42,43)/t16-,17-,18-,19-,21-,22-/m0/s1. The molecule has 0 spiro atoms. The van der Waals surface area contributed by atoms with E-state index >= 15 is 0 Å². The van der Waals surface area contributed by atoms with Crippen molar-refractivity contribution in [2.75, 3.05) is 6.54 Å². The van der Waals surface area contributed by atoms with Crippen LogP contribution in [0.1, 0.15) is 74.1 Å². The predicted octanol–water partition coefficient (Wildman–Crippen LogP) is -0.819. The summed E-state index contributed by atoms with van der Waals surface area (Å²) in [6, 6.07) is -6.67. The van der Waals surface area contributed by atoms with Gasteiger partial charge in [-0.15, -0.1) is 0 Å². The molecule has 0 aromatic heterocycles. The van der Waals surface area contributed by atoms with Crippen molar-refractivity contribution in [1.82, 2.24) is 26.2 Å². The molecule has 0 aromatic carbocycles. The predicted molar refractivity (Wildman–Crippen MR) is 155 cm³/mol. The average molecular weight is 613 g/mol. The third-order valence-corrected chi connectivity index (χ3v) is 7.12. The molecule has 0 bridgehead atoms. The summed E-state index contributed by atoms with van der Waals surface area (Å²) in [7, 11) is 0. The van der Waals surface area contributed by atoms with Crippen molar-refractivity contribution >= 4 is 41.5 Å². The van der Waals surface area contributed by atoms with Gasteiger partial charge in [0.15, 0.2) is 0 Å². The summed E-state index contributed by atoms with van der Waals surface area (Å²) >= 11 is 0. The highest BCUT2D eigenvalue weighted by molar-refractivity contribution is 5.96. The first-order valence-electron chi connectivity index (χ1n) is 14.6. The van der Waals surface area contributed by atoms with Crippen LogP contribution in [0.5, 0.6) is 0 Å². The molecule has 6 atom stereocenters. The number of hydrogen-bond donors (Lipinski definition) is 7. The van der Waals surface area contributed by atoms with Crippen molar-refractivity contribution in [1.29, 1.82) is 0 Å². The summed E-state index contributed by atoms with van der Waals surface area (Å²) in [6.45, 7) is 12.1. The summed E-state index contributed by atoms with van der Waals surface area (Å²) < 4.78 is 0. The topological polar surface area (TPSA) is 237 Å². The molecule has 0 aromatic rings. The van der Waals surface area contributed by atoms with Crippen LogP contribution in [0.15, 0.2) is 0 Å². The van der Waals surface area contributed by atoms with Crippen LogP contribution in [0.4, 0.5) is 0 Å². The molecule has 1 rings (SSSR count). The SMILES string of the molecule is CC(C)C[C@H](NC(=O)[C@@H](N)CC(=O)O)C(=O)N[C@@H](C)C(=O)N[C@H](C(=O)N[C@H](C(=O)N1CCC[C@H]1C(=O)O)C(C)C)C(C)C. The van der Waals surface area contributed by atoms with Crippen LogP contribution < -0.4 is 27.0 Å². The number of amides is 5. The zero-order chi connectivity index (χ0) is 33.2. The number of rotatable bonds is 16. The minimum atomic E-state index is -1.37. The molecule has 1 heterocycles. The molecule has 244 valence electrons. The third kappa shape index (κ3) is 11.5. The molecule has 43 heavy (non-hydrogen) atoms. The molecule has 0 aliphatic carbocycles. The maximum Gasteiger partial charge on any atom is 0.326 e. The van der Waals surface area contributed by atoms with Gasteiger partial charge in [0.05, 0.1) is 12.5 Å². The van der Waals surface area contributed by atoms with E-state index in [0.29, 0.717) is 12.8 Å². The van der Waals surface area contributed by atoms with Gasteiger partial charge in [-0.25, -0.2) is 4.79 Å². The third-order valence-electron chi connectivity index (χ3n) is 7.12. The molecule has 1 fully saturated rings. The highest BCUT2D eigenvalue weighted by Gasteiger charge is 2.40. The normalized spacial score (nSPS) is 18.4. The summed E-state index contributed by atoms with van der Waals surface area (Å²) in [6.07, 6.45) is 0.422. The van der Waals surface area contributed by atoms with E-state index in [1.54, 1.807) is 27.7 Å². The Kier molecular flexibility index (Phi) is 14.5. The molecule has 15 heteroatoms. The van der Waals surface area contributed by atoms with Gasteiger partial charge in [-0.05, 0) is 43.9 Å². The van der Waals surface area contributed by atoms with Gasteiger partial charge in [0.1, 0.15) is 30.2 Å². The Labute approximate surface area is 252 Å². The zero-order valence-corrected chi connectivity index (χ0v) is 26.0. The van der Waals surface area contributed by atoms with E-state index in [4.69, 9.17) is 10.8 Å². The lowest BCUT2D eigenvalue weighted by Crippen LogP contribution is -2.60. The number of nitrogens with two attached hydrogens (primary N) is 1. The fourth-order valence-electron chi connectivity index (χ4n) is 4.68. The number of carboxylic acids is 2. The van der Waals surface area contributed by atoms with Crippen LogP contribution >= 0.6 is 0 Å². The lowest BCUT2D eigenvalue weighted by Gasteiger charge is -2.31. The van der Waals surface area contributed by atoms with Crippen molar-refractivity contribution < 1.29 is 43.8 Å². The molecular weight excluding hydrogens is 564 g/mol. The quantitative estimate of drug-likeness (QED) is 0.114. The van der Waals surface area contributed by atoms with Gasteiger partial charge in [-0.1, -0.05) is 41.5 Å². The van der Waals surface area contributed by atoms with Crippen LogP contribution in [0.2, 0.25) is 0 Å². The Balaban J connectivity index is 2.96. The molecule has 0 radical (unpaired) electrons. The van der Waals surface area contributed by atoms with E-state index in [-0.39, 0.29) is 24.8 Å². The Morgan fingerprint density at radius 3 is 1.81 bits per heavy atom. The fraction of sp³-hybridized carbons (Fsp3) is 0.750. The average Bonchev–Trinajstić information content (AvgIpc) is 3.38. The number of likely N-dealkylation sites (tertiary alicyclic amines) is 1. The van der Waals surface area contributed by atoms with Gasteiger partial charge in [-0.2, -0.15) is 0 Å². The zero-order valence-electron chi connectivity index (χ0n) is 26.0. The highest BCUT2D eigenvalue weighted by atomic mass is 16.4. The molecule has 1 aliphatic heterocycles. The minimum Gasteiger partial charge on any atom is -0.481 e. The Morgan fingerprint density at radius 1 is 0.767 bits per heavy atom. The monoisotopic (exact) mass is 612 g/mol. The number of nitrogens with zero attached hydrogens (tertiary/aromatic N) is 1. The molecule has 1 saturated heterocycles. The summed E-state index contributed by atoms with van der Waals surface area (Å²) in [5.41, 5.74) is 5.61. The van der Waals surface area contributed by atoms with E-state index < -0.39 is 90.1 Å². The number of carbonyl (C=O) groups excluding carboxylic acids is 5. The second-order valence-electron chi connectivity index (χ2n) is 12.1. The number of carboxylic acid groups (broad SMARTS) is 2. The first-order valence-corrected chi connectivity index (χ1v) is 14.6. The van der Waals surface area contributed by atoms with Crippen molar-refractivity contribution in [2.24, 2.45) is 23.5 Å². The van der Waals surface area contributed by atoms with E-state index in [1.807, 2.05) is 13.8 Å². The van der Waals surface area contributed by atoms with Crippen LogP contribution in [0.25, 0.3) is 0 Å². The van der Waals surface area contributed by atoms with Crippen molar-refractivity contribution in [2.45, 2.75) is 110 Å². The second-order valence-corrected chi connectivity index (χ2v) is 12.1. The number of nitrogens with one attached hydrogen (secondary N) is 4. The van der Waals surface area contributed by atoms with E-state index in [2.05, 4.69) is 21.3 Å². The summed E-state index contributed by atoms with van der Waals surface area (Å²) in [5, 5.41) is 28.6. The molecule has 15 nitrogen and oxygen atoms in total. The van der Waals surface area contributed by atoms with E-state index in [9.17, 15) is 38.7 Å². The minimum absolute atomic E-state index is 0.0483. The van der Waals surface area contributed by atoms with Gasteiger partial charge < -0.3 is 42.1 Å².